The molecule has 0 fully saturated rings. The summed E-state index contributed by atoms with van der Waals surface area (Å²) in [6.45, 7) is 8.32. The molecule has 0 aliphatic heterocycles. The lowest BCUT2D eigenvalue weighted by Gasteiger charge is -2.05. The second kappa shape index (κ2) is 6.90. The first-order valence-electron chi connectivity index (χ1n) is 6.36. The number of benzene rings is 2. The molecule has 2 aromatic carbocycles. The fraction of sp³-hybridized carbons (Fsp3) is 0.294. The summed E-state index contributed by atoms with van der Waals surface area (Å²) in [6.07, 6.45) is 1.03. The van der Waals surface area contributed by atoms with Crippen molar-refractivity contribution in [2.75, 3.05) is 0 Å². The fourth-order valence-corrected chi connectivity index (χ4v) is 1.75. The Labute approximate surface area is 105 Å². The van der Waals surface area contributed by atoms with Gasteiger partial charge >= 0.3 is 0 Å². The molecule has 0 saturated heterocycles. The van der Waals surface area contributed by atoms with E-state index in [9.17, 15) is 0 Å². The minimum Gasteiger partial charge on any atom is -0.0683 e. The van der Waals surface area contributed by atoms with E-state index in [2.05, 4.69) is 62.4 Å². The van der Waals surface area contributed by atoms with Crippen molar-refractivity contribution < 1.29 is 0 Å². The Balaban J connectivity index is 0.000000686. The van der Waals surface area contributed by atoms with Crippen molar-refractivity contribution in [3.8, 4) is 0 Å². The minimum absolute atomic E-state index is 1.03. The van der Waals surface area contributed by atoms with Crippen LogP contribution in [0, 0.1) is 13.8 Å². The predicted molar refractivity (Wildman–Crippen MR) is 76.5 cm³/mol. The van der Waals surface area contributed by atoms with Crippen LogP contribution in [0.5, 0.6) is 0 Å². The van der Waals surface area contributed by atoms with Gasteiger partial charge in [-0.2, -0.15) is 0 Å². The summed E-state index contributed by atoms with van der Waals surface area (Å²) in [7, 11) is 0. The normalized spacial score (nSPS) is 9.41. The van der Waals surface area contributed by atoms with Gasteiger partial charge in [-0.25, -0.2) is 0 Å². The Bertz CT molecular complexity index is 441. The average Bonchev–Trinajstić information content (AvgIpc) is 2.38. The van der Waals surface area contributed by atoms with E-state index in [0.717, 1.165) is 6.42 Å². The van der Waals surface area contributed by atoms with Crippen LogP contribution in [0.2, 0.25) is 0 Å². The van der Waals surface area contributed by atoms with Gasteiger partial charge in [0, 0.05) is 0 Å². The number of rotatable bonds is 2. The van der Waals surface area contributed by atoms with Gasteiger partial charge in [-0.15, -0.1) is 0 Å². The third kappa shape index (κ3) is 4.07. The smallest absolute Gasteiger partial charge is 0.00257 e. The molecule has 0 heterocycles. The monoisotopic (exact) mass is 226 g/mol. The highest BCUT2D eigenvalue weighted by molar-refractivity contribution is 5.33. The Morgan fingerprint density at radius 2 is 1.35 bits per heavy atom. The highest BCUT2D eigenvalue weighted by Gasteiger charge is 1.97. The van der Waals surface area contributed by atoms with Gasteiger partial charge in [-0.3, -0.25) is 0 Å². The fourth-order valence-electron chi connectivity index (χ4n) is 1.75. The standard InChI is InChI=1S/C15H16.C2H6/c1-12-8-9-15(10-13(12)2)11-14-6-4-3-5-7-14;1-2/h3-10H,11H2,1-2H3;1-2H3. The van der Waals surface area contributed by atoms with E-state index in [0.29, 0.717) is 0 Å². The van der Waals surface area contributed by atoms with Gasteiger partial charge in [0.1, 0.15) is 0 Å². The number of hydrogen-bond donors (Lipinski definition) is 0. The van der Waals surface area contributed by atoms with Gasteiger partial charge < -0.3 is 0 Å². The molecule has 0 aliphatic carbocycles. The van der Waals surface area contributed by atoms with E-state index in [-0.39, 0.29) is 0 Å². The van der Waals surface area contributed by atoms with Gasteiger partial charge in [-0.1, -0.05) is 62.4 Å². The van der Waals surface area contributed by atoms with Crippen LogP contribution in [-0.4, -0.2) is 0 Å². The molecule has 2 rings (SSSR count). The largest absolute Gasteiger partial charge is 0.0683 e. The van der Waals surface area contributed by atoms with Gasteiger partial charge in [0.15, 0.2) is 0 Å². The molecule has 0 nitrogen and oxygen atoms in total. The van der Waals surface area contributed by atoms with Crippen LogP contribution in [0.1, 0.15) is 36.1 Å². The van der Waals surface area contributed by atoms with Crippen molar-refractivity contribution >= 4 is 0 Å². The molecule has 2 aromatic rings. The Hall–Kier alpha value is -1.56. The third-order valence-corrected chi connectivity index (χ3v) is 2.82. The maximum absolute atomic E-state index is 2.28. The van der Waals surface area contributed by atoms with Gasteiger partial charge in [0.25, 0.3) is 0 Å². The first-order chi connectivity index (χ1) is 8.25. The quantitative estimate of drug-likeness (QED) is 0.681. The van der Waals surface area contributed by atoms with Gasteiger partial charge in [0.05, 0.1) is 0 Å². The molecular weight excluding hydrogens is 204 g/mol. The second-order valence-corrected chi connectivity index (χ2v) is 4.08. The minimum atomic E-state index is 1.03. The lowest BCUT2D eigenvalue weighted by molar-refractivity contribution is 1.17. The molecule has 0 N–H and O–H groups in total. The Kier molecular flexibility index (Phi) is 5.48. The molecule has 0 aromatic heterocycles. The van der Waals surface area contributed by atoms with Crippen molar-refractivity contribution in [2.24, 2.45) is 0 Å². The summed E-state index contributed by atoms with van der Waals surface area (Å²) >= 11 is 0. The molecule has 0 heteroatoms. The summed E-state index contributed by atoms with van der Waals surface area (Å²) in [5.41, 5.74) is 5.51. The van der Waals surface area contributed by atoms with E-state index < -0.39 is 0 Å². The van der Waals surface area contributed by atoms with Crippen LogP contribution in [0.4, 0.5) is 0 Å². The maximum Gasteiger partial charge on any atom is -0.00257 e. The third-order valence-electron chi connectivity index (χ3n) is 2.82. The molecule has 17 heavy (non-hydrogen) atoms. The molecule has 0 saturated carbocycles. The van der Waals surface area contributed by atoms with Crippen molar-refractivity contribution in [1.82, 2.24) is 0 Å². The summed E-state index contributed by atoms with van der Waals surface area (Å²) in [5.74, 6) is 0. The molecule has 0 aliphatic rings. The zero-order valence-electron chi connectivity index (χ0n) is 11.3. The number of hydrogen-bond acceptors (Lipinski definition) is 0. The Morgan fingerprint density at radius 3 is 1.94 bits per heavy atom. The molecule has 0 amide bonds. The van der Waals surface area contributed by atoms with Crippen LogP contribution in [0.15, 0.2) is 48.5 Å². The van der Waals surface area contributed by atoms with E-state index >= 15 is 0 Å². The lowest BCUT2D eigenvalue weighted by Crippen LogP contribution is -1.89. The molecule has 90 valence electrons. The average molecular weight is 226 g/mol. The first kappa shape index (κ1) is 13.5. The zero-order valence-corrected chi connectivity index (χ0v) is 11.3. The van der Waals surface area contributed by atoms with Gasteiger partial charge in [0.2, 0.25) is 0 Å². The topological polar surface area (TPSA) is 0 Å². The number of aryl methyl sites for hydroxylation is 2. The second-order valence-electron chi connectivity index (χ2n) is 4.08. The lowest BCUT2D eigenvalue weighted by atomic mass is 10.0. The highest BCUT2D eigenvalue weighted by atomic mass is 14.0. The molecule has 0 atom stereocenters. The van der Waals surface area contributed by atoms with E-state index in [1.54, 1.807) is 0 Å². The zero-order chi connectivity index (χ0) is 12.7. The van der Waals surface area contributed by atoms with E-state index in [1.807, 2.05) is 13.8 Å². The summed E-state index contributed by atoms with van der Waals surface area (Å²) < 4.78 is 0. The SMILES string of the molecule is CC.Cc1ccc(Cc2ccccc2)cc1C. The summed E-state index contributed by atoms with van der Waals surface area (Å²) in [4.78, 5) is 0. The van der Waals surface area contributed by atoms with Crippen LogP contribution in [-0.2, 0) is 6.42 Å². The highest BCUT2D eigenvalue weighted by Crippen LogP contribution is 2.13. The first-order valence-corrected chi connectivity index (χ1v) is 6.36. The molecule has 0 unspecified atom stereocenters. The summed E-state index contributed by atoms with van der Waals surface area (Å²) in [6, 6.07) is 17.3. The molecular formula is C17H22. The van der Waals surface area contributed by atoms with Crippen LogP contribution < -0.4 is 0 Å². The maximum atomic E-state index is 2.28. The van der Waals surface area contributed by atoms with E-state index in [4.69, 9.17) is 0 Å². The van der Waals surface area contributed by atoms with Crippen molar-refractivity contribution in [3.63, 3.8) is 0 Å². The van der Waals surface area contributed by atoms with Crippen molar-refractivity contribution in [1.29, 1.82) is 0 Å². The summed E-state index contributed by atoms with van der Waals surface area (Å²) in [5, 5.41) is 0. The predicted octanol–water partition coefficient (Wildman–Crippen LogP) is 4.92. The molecule has 0 spiro atoms. The van der Waals surface area contributed by atoms with Crippen LogP contribution in [0.25, 0.3) is 0 Å². The van der Waals surface area contributed by atoms with E-state index in [1.165, 1.54) is 22.3 Å². The van der Waals surface area contributed by atoms with Gasteiger partial charge in [-0.05, 0) is 42.5 Å². The van der Waals surface area contributed by atoms with Crippen LogP contribution >= 0.6 is 0 Å². The van der Waals surface area contributed by atoms with Crippen molar-refractivity contribution in [2.45, 2.75) is 34.1 Å². The molecule has 0 bridgehead atoms. The molecule has 0 radical (unpaired) electrons. The van der Waals surface area contributed by atoms with Crippen LogP contribution in [0.3, 0.4) is 0 Å². The Morgan fingerprint density at radius 1 is 0.706 bits per heavy atom. The van der Waals surface area contributed by atoms with Crippen molar-refractivity contribution in [3.05, 3.63) is 70.8 Å².